The molecule has 4 nitrogen and oxygen atoms in total. The molecule has 17 heavy (non-hydrogen) atoms. The van der Waals surface area contributed by atoms with Crippen molar-refractivity contribution in [3.05, 3.63) is 29.8 Å². The summed E-state index contributed by atoms with van der Waals surface area (Å²) in [5.74, 6) is -0.879. The zero-order valence-corrected chi connectivity index (χ0v) is 10.0. The summed E-state index contributed by atoms with van der Waals surface area (Å²) in [5, 5.41) is 12.2. The summed E-state index contributed by atoms with van der Waals surface area (Å²) in [6.45, 7) is 2.23. The maximum Gasteiger partial charge on any atom is 0.335 e. The summed E-state index contributed by atoms with van der Waals surface area (Å²) in [5.41, 5.74) is 1.34. The number of aromatic carboxylic acids is 1. The standard InChI is InChI=1S/C13H18N2O2/c1-15-8-6-12(7-9-15)14-11-4-2-10(3-5-11)13(16)17/h2-5,12,14H,6-9H2,1H3,(H,16,17). The Morgan fingerprint density at radius 1 is 1.29 bits per heavy atom. The highest BCUT2D eigenvalue weighted by atomic mass is 16.4. The van der Waals surface area contributed by atoms with Crippen molar-refractivity contribution in [3.63, 3.8) is 0 Å². The van der Waals surface area contributed by atoms with Gasteiger partial charge in [-0.3, -0.25) is 0 Å². The third-order valence-corrected chi connectivity index (χ3v) is 3.22. The normalized spacial score (nSPS) is 17.9. The van der Waals surface area contributed by atoms with E-state index in [-0.39, 0.29) is 0 Å². The van der Waals surface area contributed by atoms with Gasteiger partial charge in [-0.1, -0.05) is 0 Å². The molecule has 1 fully saturated rings. The highest BCUT2D eigenvalue weighted by Gasteiger charge is 2.16. The summed E-state index contributed by atoms with van der Waals surface area (Å²) in [6, 6.07) is 7.45. The van der Waals surface area contributed by atoms with Crippen molar-refractivity contribution in [2.75, 3.05) is 25.5 Å². The lowest BCUT2D eigenvalue weighted by Gasteiger charge is -2.30. The summed E-state index contributed by atoms with van der Waals surface area (Å²) < 4.78 is 0. The van der Waals surface area contributed by atoms with Crippen LogP contribution in [0.4, 0.5) is 5.69 Å². The van der Waals surface area contributed by atoms with E-state index in [0.717, 1.165) is 31.6 Å². The highest BCUT2D eigenvalue weighted by Crippen LogP contribution is 2.16. The van der Waals surface area contributed by atoms with Crippen molar-refractivity contribution < 1.29 is 9.90 Å². The first kappa shape index (κ1) is 11.9. The third-order valence-electron chi connectivity index (χ3n) is 3.22. The van der Waals surface area contributed by atoms with Crippen molar-refractivity contribution in [2.24, 2.45) is 0 Å². The molecule has 0 atom stereocenters. The fourth-order valence-corrected chi connectivity index (χ4v) is 2.10. The minimum atomic E-state index is -0.879. The van der Waals surface area contributed by atoms with Crippen molar-refractivity contribution >= 4 is 11.7 Å². The molecule has 1 heterocycles. The van der Waals surface area contributed by atoms with Gasteiger partial charge in [-0.2, -0.15) is 0 Å². The Hall–Kier alpha value is -1.55. The molecule has 4 heteroatoms. The molecule has 0 aliphatic carbocycles. The molecule has 0 amide bonds. The number of anilines is 1. The van der Waals surface area contributed by atoms with Crippen LogP contribution in [0.25, 0.3) is 0 Å². The van der Waals surface area contributed by atoms with Gasteiger partial charge in [0.15, 0.2) is 0 Å². The van der Waals surface area contributed by atoms with Gasteiger partial charge in [0.25, 0.3) is 0 Å². The van der Waals surface area contributed by atoms with Crippen molar-refractivity contribution in [3.8, 4) is 0 Å². The van der Waals surface area contributed by atoms with Gasteiger partial charge in [0, 0.05) is 11.7 Å². The number of piperidine rings is 1. The minimum Gasteiger partial charge on any atom is -0.478 e. The van der Waals surface area contributed by atoms with Gasteiger partial charge in [0.2, 0.25) is 0 Å². The lowest BCUT2D eigenvalue weighted by Crippen LogP contribution is -2.36. The molecular weight excluding hydrogens is 216 g/mol. The van der Waals surface area contributed by atoms with Crippen molar-refractivity contribution in [2.45, 2.75) is 18.9 Å². The molecule has 1 aliphatic heterocycles. The molecule has 0 bridgehead atoms. The molecule has 2 N–H and O–H groups in total. The van der Waals surface area contributed by atoms with Gasteiger partial charge < -0.3 is 15.3 Å². The van der Waals surface area contributed by atoms with E-state index >= 15 is 0 Å². The Labute approximate surface area is 101 Å². The zero-order valence-electron chi connectivity index (χ0n) is 10.0. The Balaban J connectivity index is 1.92. The van der Waals surface area contributed by atoms with Crippen LogP contribution in [0.5, 0.6) is 0 Å². The monoisotopic (exact) mass is 234 g/mol. The SMILES string of the molecule is CN1CCC(Nc2ccc(C(=O)O)cc2)CC1. The van der Waals surface area contributed by atoms with E-state index in [1.165, 1.54) is 0 Å². The maximum atomic E-state index is 10.7. The average molecular weight is 234 g/mol. The van der Waals surface area contributed by atoms with Crippen LogP contribution in [0, 0.1) is 0 Å². The molecule has 0 aromatic heterocycles. The summed E-state index contributed by atoms with van der Waals surface area (Å²) in [7, 11) is 2.14. The van der Waals surface area contributed by atoms with Crippen LogP contribution in [0.2, 0.25) is 0 Å². The lowest BCUT2D eigenvalue weighted by molar-refractivity contribution is 0.0697. The van der Waals surface area contributed by atoms with Gasteiger partial charge in [0.1, 0.15) is 0 Å². The Bertz CT molecular complexity index is 381. The van der Waals surface area contributed by atoms with Crippen LogP contribution in [0.3, 0.4) is 0 Å². The van der Waals surface area contributed by atoms with E-state index in [9.17, 15) is 4.79 Å². The van der Waals surface area contributed by atoms with Crippen LogP contribution in [0.1, 0.15) is 23.2 Å². The predicted molar refractivity (Wildman–Crippen MR) is 67.5 cm³/mol. The molecule has 92 valence electrons. The minimum absolute atomic E-state index is 0.332. The molecule has 0 spiro atoms. The number of rotatable bonds is 3. The largest absolute Gasteiger partial charge is 0.478 e. The Morgan fingerprint density at radius 3 is 2.41 bits per heavy atom. The first-order valence-corrected chi connectivity index (χ1v) is 5.93. The molecule has 0 unspecified atom stereocenters. The third kappa shape index (κ3) is 3.20. The Morgan fingerprint density at radius 2 is 1.88 bits per heavy atom. The molecule has 0 saturated carbocycles. The van der Waals surface area contributed by atoms with E-state index in [0.29, 0.717) is 11.6 Å². The number of hydrogen-bond donors (Lipinski definition) is 2. The molecule has 1 aromatic carbocycles. The predicted octanol–water partition coefficient (Wildman–Crippen LogP) is 1.89. The first-order valence-electron chi connectivity index (χ1n) is 5.93. The number of hydrogen-bond acceptors (Lipinski definition) is 3. The van der Waals surface area contributed by atoms with E-state index < -0.39 is 5.97 Å². The second-order valence-electron chi connectivity index (χ2n) is 4.60. The molecule has 1 aromatic rings. The number of carboxylic acid groups (broad SMARTS) is 1. The van der Waals surface area contributed by atoms with Gasteiger partial charge >= 0.3 is 5.97 Å². The fourth-order valence-electron chi connectivity index (χ4n) is 2.10. The maximum absolute atomic E-state index is 10.7. The average Bonchev–Trinajstić information content (AvgIpc) is 2.33. The Kier molecular flexibility index (Phi) is 3.64. The fraction of sp³-hybridized carbons (Fsp3) is 0.462. The number of likely N-dealkylation sites (tertiary alicyclic amines) is 1. The number of carboxylic acids is 1. The van der Waals surface area contributed by atoms with Crippen LogP contribution in [-0.2, 0) is 0 Å². The van der Waals surface area contributed by atoms with E-state index in [2.05, 4.69) is 17.3 Å². The van der Waals surface area contributed by atoms with E-state index in [1.54, 1.807) is 12.1 Å². The second-order valence-corrected chi connectivity index (χ2v) is 4.60. The highest BCUT2D eigenvalue weighted by molar-refractivity contribution is 5.87. The second kappa shape index (κ2) is 5.19. The summed E-state index contributed by atoms with van der Waals surface area (Å²) in [4.78, 5) is 13.0. The molecule has 1 saturated heterocycles. The number of carbonyl (C=O) groups is 1. The van der Waals surface area contributed by atoms with Gasteiger partial charge in [0.05, 0.1) is 5.56 Å². The van der Waals surface area contributed by atoms with E-state index in [4.69, 9.17) is 5.11 Å². The lowest BCUT2D eigenvalue weighted by atomic mass is 10.1. The van der Waals surface area contributed by atoms with Crippen molar-refractivity contribution in [1.29, 1.82) is 0 Å². The topological polar surface area (TPSA) is 52.6 Å². The molecule has 1 aliphatic rings. The number of nitrogens with one attached hydrogen (secondary N) is 1. The van der Waals surface area contributed by atoms with Crippen LogP contribution in [0.15, 0.2) is 24.3 Å². The molecule has 0 radical (unpaired) electrons. The summed E-state index contributed by atoms with van der Waals surface area (Å²) in [6.07, 6.45) is 2.27. The molecular formula is C13H18N2O2. The van der Waals surface area contributed by atoms with Crippen molar-refractivity contribution in [1.82, 2.24) is 4.90 Å². The van der Waals surface area contributed by atoms with Gasteiger partial charge in [-0.25, -0.2) is 4.79 Å². The van der Waals surface area contributed by atoms with Gasteiger partial charge in [-0.15, -0.1) is 0 Å². The smallest absolute Gasteiger partial charge is 0.335 e. The van der Waals surface area contributed by atoms with E-state index in [1.807, 2.05) is 12.1 Å². The van der Waals surface area contributed by atoms with Gasteiger partial charge in [-0.05, 0) is 57.2 Å². The summed E-state index contributed by atoms with van der Waals surface area (Å²) >= 11 is 0. The number of benzene rings is 1. The number of nitrogens with zero attached hydrogens (tertiary/aromatic N) is 1. The van der Waals surface area contributed by atoms with Crippen LogP contribution >= 0.6 is 0 Å². The van der Waals surface area contributed by atoms with Crippen LogP contribution < -0.4 is 5.32 Å². The molecule has 2 rings (SSSR count). The quantitative estimate of drug-likeness (QED) is 0.838. The van der Waals surface area contributed by atoms with Crippen LogP contribution in [-0.4, -0.2) is 42.2 Å². The zero-order chi connectivity index (χ0) is 12.3. The first-order chi connectivity index (χ1) is 8.15.